The molecule has 1 saturated heterocycles. The fourth-order valence-electron chi connectivity index (χ4n) is 2.55. The number of amides is 1. The lowest BCUT2D eigenvalue weighted by molar-refractivity contribution is -0.895. The molecule has 130 valence electrons. The maximum absolute atomic E-state index is 12.4. The Morgan fingerprint density at radius 2 is 2.09 bits per heavy atom. The van der Waals surface area contributed by atoms with Crippen LogP contribution in [-0.2, 0) is 14.8 Å². The second-order valence-electron chi connectivity index (χ2n) is 6.30. The molecule has 0 unspecified atom stereocenters. The summed E-state index contributed by atoms with van der Waals surface area (Å²) in [5, 5.41) is 4.71. The summed E-state index contributed by atoms with van der Waals surface area (Å²) in [5.74, 6) is 0.629. The number of hydrogen-bond acceptors (Lipinski definition) is 4. The van der Waals surface area contributed by atoms with E-state index >= 15 is 0 Å². The Kier molecular flexibility index (Phi) is 6.58. The fraction of sp³-hybridized carbons (Fsp3) is 0.667. The number of quaternary nitrogens is 1. The molecule has 0 bridgehead atoms. The minimum atomic E-state index is -3.36. The standard InChI is InChI=1S/C15H25N3O3S2/c1-13(2)5-6-16-14(19)12-17-7-9-18(10-8-17)23(20,21)15-4-3-11-22-15/h3-4,11,13H,5-10,12H2,1-2H3,(H,16,19)/p+1. The lowest BCUT2D eigenvalue weighted by Crippen LogP contribution is -3.15. The molecule has 1 aliphatic rings. The average Bonchev–Trinajstić information content (AvgIpc) is 3.02. The van der Waals surface area contributed by atoms with Crippen LogP contribution in [0.3, 0.4) is 0 Å². The Bertz CT molecular complexity index is 591. The van der Waals surface area contributed by atoms with E-state index in [4.69, 9.17) is 0 Å². The molecule has 0 saturated carbocycles. The molecule has 6 nitrogen and oxygen atoms in total. The van der Waals surface area contributed by atoms with E-state index in [-0.39, 0.29) is 5.91 Å². The number of rotatable bonds is 7. The van der Waals surface area contributed by atoms with Gasteiger partial charge in [-0.3, -0.25) is 4.79 Å². The van der Waals surface area contributed by atoms with E-state index < -0.39 is 10.0 Å². The topological polar surface area (TPSA) is 70.9 Å². The van der Waals surface area contributed by atoms with Crippen LogP contribution < -0.4 is 10.2 Å². The molecule has 2 rings (SSSR count). The first-order valence-electron chi connectivity index (χ1n) is 8.03. The van der Waals surface area contributed by atoms with Gasteiger partial charge in [-0.15, -0.1) is 11.3 Å². The van der Waals surface area contributed by atoms with E-state index in [1.54, 1.807) is 17.5 Å². The van der Waals surface area contributed by atoms with E-state index in [0.29, 0.717) is 49.4 Å². The van der Waals surface area contributed by atoms with Gasteiger partial charge in [-0.1, -0.05) is 19.9 Å². The largest absolute Gasteiger partial charge is 0.351 e. The number of nitrogens with zero attached hydrogens (tertiary/aromatic N) is 1. The highest BCUT2D eigenvalue weighted by molar-refractivity contribution is 7.91. The summed E-state index contributed by atoms with van der Waals surface area (Å²) < 4.78 is 26.8. The van der Waals surface area contributed by atoms with E-state index in [9.17, 15) is 13.2 Å². The second kappa shape index (κ2) is 8.23. The van der Waals surface area contributed by atoms with Crippen molar-refractivity contribution in [1.29, 1.82) is 0 Å². The zero-order chi connectivity index (χ0) is 16.9. The molecule has 0 atom stereocenters. The molecule has 1 amide bonds. The third-order valence-corrected chi connectivity index (χ3v) is 7.24. The van der Waals surface area contributed by atoms with Gasteiger partial charge >= 0.3 is 0 Å². The Morgan fingerprint density at radius 3 is 2.65 bits per heavy atom. The van der Waals surface area contributed by atoms with Gasteiger partial charge in [-0.2, -0.15) is 4.31 Å². The Morgan fingerprint density at radius 1 is 1.39 bits per heavy atom. The Balaban J connectivity index is 1.77. The van der Waals surface area contributed by atoms with Crippen LogP contribution in [0.5, 0.6) is 0 Å². The summed E-state index contributed by atoms with van der Waals surface area (Å²) >= 11 is 1.25. The van der Waals surface area contributed by atoms with Crippen LogP contribution >= 0.6 is 11.3 Å². The molecule has 0 aliphatic carbocycles. The lowest BCUT2D eigenvalue weighted by atomic mass is 10.1. The summed E-state index contributed by atoms with van der Waals surface area (Å²) in [6, 6.07) is 3.39. The first-order valence-corrected chi connectivity index (χ1v) is 10.4. The van der Waals surface area contributed by atoms with Crippen LogP contribution in [0.4, 0.5) is 0 Å². The van der Waals surface area contributed by atoms with Gasteiger partial charge in [0, 0.05) is 6.54 Å². The SMILES string of the molecule is CC(C)CCNC(=O)C[NH+]1CCN(S(=O)(=O)c2cccs2)CC1. The minimum Gasteiger partial charge on any atom is -0.351 e. The van der Waals surface area contributed by atoms with E-state index in [1.165, 1.54) is 15.6 Å². The number of carbonyl (C=O) groups is 1. The van der Waals surface area contributed by atoms with Gasteiger partial charge in [0.15, 0.2) is 6.54 Å². The van der Waals surface area contributed by atoms with Crippen molar-refractivity contribution in [3.63, 3.8) is 0 Å². The molecule has 2 heterocycles. The Labute approximate surface area is 142 Å². The summed E-state index contributed by atoms with van der Waals surface area (Å²) in [6.07, 6.45) is 0.980. The van der Waals surface area contributed by atoms with Gasteiger partial charge in [0.25, 0.3) is 15.9 Å². The van der Waals surface area contributed by atoms with Crippen molar-refractivity contribution in [2.45, 2.75) is 24.5 Å². The zero-order valence-corrected chi connectivity index (χ0v) is 15.4. The quantitative estimate of drug-likeness (QED) is 0.707. The molecule has 23 heavy (non-hydrogen) atoms. The number of sulfonamides is 1. The number of thiophene rings is 1. The van der Waals surface area contributed by atoms with Crippen molar-refractivity contribution in [2.75, 3.05) is 39.3 Å². The van der Waals surface area contributed by atoms with Crippen molar-refractivity contribution >= 4 is 27.3 Å². The normalized spacial score (nSPS) is 17.5. The fourth-order valence-corrected chi connectivity index (χ4v) is 5.13. The number of carbonyl (C=O) groups excluding carboxylic acids is 1. The van der Waals surface area contributed by atoms with Crippen LogP contribution in [0.1, 0.15) is 20.3 Å². The second-order valence-corrected chi connectivity index (χ2v) is 9.41. The molecule has 1 aromatic rings. The summed E-state index contributed by atoms with van der Waals surface area (Å²) in [7, 11) is -3.36. The maximum Gasteiger partial charge on any atom is 0.275 e. The van der Waals surface area contributed by atoms with Crippen LogP contribution in [0.15, 0.2) is 21.7 Å². The molecule has 1 aliphatic heterocycles. The van der Waals surface area contributed by atoms with E-state index in [0.717, 1.165) is 11.3 Å². The van der Waals surface area contributed by atoms with Crippen molar-refractivity contribution < 1.29 is 18.1 Å². The number of nitrogens with one attached hydrogen (secondary N) is 2. The molecule has 0 radical (unpaired) electrons. The van der Waals surface area contributed by atoms with Gasteiger partial charge in [0.1, 0.15) is 4.21 Å². The molecular formula is C15H26N3O3S2+. The van der Waals surface area contributed by atoms with E-state index in [2.05, 4.69) is 19.2 Å². The molecule has 0 spiro atoms. The number of piperazine rings is 1. The van der Waals surface area contributed by atoms with Crippen molar-refractivity contribution in [3.05, 3.63) is 17.5 Å². The monoisotopic (exact) mass is 360 g/mol. The van der Waals surface area contributed by atoms with E-state index in [1.807, 2.05) is 0 Å². The summed E-state index contributed by atoms with van der Waals surface area (Å²) in [4.78, 5) is 13.0. The first-order chi connectivity index (χ1) is 10.9. The van der Waals surface area contributed by atoms with Crippen molar-refractivity contribution in [3.8, 4) is 0 Å². The van der Waals surface area contributed by atoms with Gasteiger partial charge in [0.2, 0.25) is 0 Å². The van der Waals surface area contributed by atoms with Gasteiger partial charge in [-0.05, 0) is 23.8 Å². The molecule has 8 heteroatoms. The van der Waals surface area contributed by atoms with Crippen LogP contribution in [-0.4, -0.2) is 57.9 Å². The summed E-state index contributed by atoms with van der Waals surface area (Å²) in [6.45, 7) is 7.66. The van der Waals surface area contributed by atoms with Gasteiger partial charge in [0.05, 0.1) is 26.2 Å². The maximum atomic E-state index is 12.4. The minimum absolute atomic E-state index is 0.0511. The highest BCUT2D eigenvalue weighted by Crippen LogP contribution is 2.20. The third-order valence-electron chi connectivity index (χ3n) is 3.97. The predicted molar refractivity (Wildman–Crippen MR) is 91.1 cm³/mol. The smallest absolute Gasteiger partial charge is 0.275 e. The summed E-state index contributed by atoms with van der Waals surface area (Å²) in [5.41, 5.74) is 0. The van der Waals surface area contributed by atoms with Crippen LogP contribution in [0.25, 0.3) is 0 Å². The molecular weight excluding hydrogens is 334 g/mol. The lowest BCUT2D eigenvalue weighted by Gasteiger charge is -2.30. The van der Waals surface area contributed by atoms with Gasteiger partial charge < -0.3 is 10.2 Å². The van der Waals surface area contributed by atoms with Crippen molar-refractivity contribution in [1.82, 2.24) is 9.62 Å². The predicted octanol–water partition coefficient (Wildman–Crippen LogP) is -0.200. The molecule has 2 N–H and O–H groups in total. The third kappa shape index (κ3) is 5.27. The number of hydrogen-bond donors (Lipinski definition) is 2. The van der Waals surface area contributed by atoms with Crippen LogP contribution in [0.2, 0.25) is 0 Å². The highest BCUT2D eigenvalue weighted by atomic mass is 32.2. The molecule has 0 aromatic carbocycles. The molecule has 1 fully saturated rings. The highest BCUT2D eigenvalue weighted by Gasteiger charge is 2.31. The Hall–Kier alpha value is -0.960. The average molecular weight is 361 g/mol. The molecule has 1 aromatic heterocycles. The van der Waals surface area contributed by atoms with Crippen LogP contribution in [0, 0.1) is 5.92 Å². The van der Waals surface area contributed by atoms with Gasteiger partial charge in [-0.25, -0.2) is 8.42 Å². The van der Waals surface area contributed by atoms with Crippen molar-refractivity contribution in [2.24, 2.45) is 5.92 Å². The zero-order valence-electron chi connectivity index (χ0n) is 13.7. The first kappa shape index (κ1) is 18.4.